The molecule has 1 saturated heterocycles. The molecule has 2 aromatic carbocycles. The van der Waals surface area contributed by atoms with E-state index in [0.29, 0.717) is 40.4 Å². The van der Waals surface area contributed by atoms with Crippen molar-refractivity contribution in [3.8, 4) is 10.4 Å². The van der Waals surface area contributed by atoms with Crippen LogP contribution in [0.4, 0.5) is 13.2 Å². The molecule has 0 aliphatic carbocycles. The van der Waals surface area contributed by atoms with E-state index in [0.717, 1.165) is 35.5 Å². The molecule has 1 fully saturated rings. The molecule has 1 N–H and O–H groups in total. The van der Waals surface area contributed by atoms with Crippen LogP contribution in [0.25, 0.3) is 21.5 Å². The molecule has 5 nitrogen and oxygen atoms in total. The second-order valence-corrected chi connectivity index (χ2v) is 9.09. The second kappa shape index (κ2) is 8.05. The van der Waals surface area contributed by atoms with E-state index in [1.165, 1.54) is 23.5 Å². The first-order valence-corrected chi connectivity index (χ1v) is 11.1. The van der Waals surface area contributed by atoms with E-state index in [1.807, 2.05) is 6.92 Å². The van der Waals surface area contributed by atoms with Crippen LogP contribution in [-0.2, 0) is 6.42 Å². The van der Waals surface area contributed by atoms with Crippen LogP contribution in [0.5, 0.6) is 0 Å². The minimum absolute atomic E-state index is 0.110. The molecule has 32 heavy (non-hydrogen) atoms. The Balaban J connectivity index is 1.41. The number of nitrogens with zero attached hydrogens (tertiary/aromatic N) is 3. The van der Waals surface area contributed by atoms with Crippen molar-refractivity contribution in [2.45, 2.75) is 32.2 Å². The summed E-state index contributed by atoms with van der Waals surface area (Å²) in [6, 6.07) is 8.07. The summed E-state index contributed by atoms with van der Waals surface area (Å²) in [5, 5.41) is 0.754. The Bertz CT molecular complexity index is 1280. The summed E-state index contributed by atoms with van der Waals surface area (Å²) < 4.78 is 40.4. The van der Waals surface area contributed by atoms with E-state index in [9.17, 15) is 18.0 Å². The lowest BCUT2D eigenvalue weighted by atomic mass is 10.1. The average Bonchev–Trinajstić information content (AvgIpc) is 3.47. The first-order chi connectivity index (χ1) is 15.4. The van der Waals surface area contributed by atoms with Crippen molar-refractivity contribution in [1.82, 2.24) is 19.9 Å². The van der Waals surface area contributed by atoms with Gasteiger partial charge in [-0.25, -0.2) is 23.1 Å². The Morgan fingerprint density at radius 1 is 1.16 bits per heavy atom. The van der Waals surface area contributed by atoms with Gasteiger partial charge in [-0.3, -0.25) is 4.79 Å². The monoisotopic (exact) mass is 456 g/mol. The first kappa shape index (κ1) is 20.7. The largest absolute Gasteiger partial charge is 0.342 e. The molecule has 4 aromatic rings. The number of fused-ring (bicyclic) bond motifs is 1. The van der Waals surface area contributed by atoms with E-state index >= 15 is 0 Å². The van der Waals surface area contributed by atoms with Crippen LogP contribution < -0.4 is 0 Å². The van der Waals surface area contributed by atoms with Crippen LogP contribution >= 0.6 is 11.3 Å². The van der Waals surface area contributed by atoms with Crippen LogP contribution in [0.2, 0.25) is 0 Å². The molecule has 1 atom stereocenters. The van der Waals surface area contributed by atoms with E-state index in [-0.39, 0.29) is 17.8 Å². The molecule has 164 valence electrons. The predicted molar refractivity (Wildman–Crippen MR) is 116 cm³/mol. The first-order valence-electron chi connectivity index (χ1n) is 10.3. The molecule has 0 spiro atoms. The summed E-state index contributed by atoms with van der Waals surface area (Å²) in [5.74, 6) is -1.82. The summed E-state index contributed by atoms with van der Waals surface area (Å²) in [4.78, 5) is 27.8. The summed E-state index contributed by atoms with van der Waals surface area (Å²) in [6.45, 7) is 2.43. The standard InChI is InChI=1S/C23H19F3N4OS/c1-12-27-21(22(32-12)13-4-6-14(24)7-5-13)23(31)30-8-2-3-15(30)9-20-28-18-10-16(25)17(26)11-19(18)29-20/h4-7,10-11,15H,2-3,8-9H2,1H3,(H,28,29). The quantitative estimate of drug-likeness (QED) is 0.456. The van der Waals surface area contributed by atoms with E-state index < -0.39 is 11.6 Å². The van der Waals surface area contributed by atoms with Crippen molar-refractivity contribution in [2.24, 2.45) is 0 Å². The maximum Gasteiger partial charge on any atom is 0.274 e. The number of rotatable bonds is 4. The number of halogens is 3. The normalized spacial score (nSPS) is 16.2. The number of amides is 1. The number of hydrogen-bond donors (Lipinski definition) is 1. The summed E-state index contributed by atoms with van der Waals surface area (Å²) >= 11 is 1.40. The summed E-state index contributed by atoms with van der Waals surface area (Å²) in [7, 11) is 0. The Kier molecular flexibility index (Phi) is 5.21. The fraction of sp³-hybridized carbons (Fsp3) is 0.261. The maximum atomic E-state index is 13.5. The van der Waals surface area contributed by atoms with Crippen molar-refractivity contribution >= 4 is 28.3 Å². The highest BCUT2D eigenvalue weighted by Gasteiger charge is 2.33. The molecule has 0 saturated carbocycles. The van der Waals surface area contributed by atoms with Gasteiger partial charge < -0.3 is 9.88 Å². The van der Waals surface area contributed by atoms with Gasteiger partial charge in [0, 0.05) is 31.1 Å². The molecule has 2 aromatic heterocycles. The molecule has 1 unspecified atom stereocenters. The predicted octanol–water partition coefficient (Wildman–Crippen LogP) is 5.26. The molecule has 3 heterocycles. The van der Waals surface area contributed by atoms with E-state index in [4.69, 9.17) is 0 Å². The molecular weight excluding hydrogens is 437 g/mol. The number of aromatic amines is 1. The molecular formula is C23H19F3N4OS. The SMILES string of the molecule is Cc1nc(C(=O)N2CCCC2Cc2nc3cc(F)c(F)cc3[nH]2)c(-c2ccc(F)cc2)s1. The minimum atomic E-state index is -0.944. The van der Waals surface area contributed by atoms with Gasteiger partial charge in [-0.05, 0) is 37.5 Å². The highest BCUT2D eigenvalue weighted by Crippen LogP contribution is 2.33. The van der Waals surface area contributed by atoms with Gasteiger partial charge in [0.1, 0.15) is 17.3 Å². The van der Waals surface area contributed by atoms with Crippen molar-refractivity contribution in [2.75, 3.05) is 6.54 Å². The van der Waals surface area contributed by atoms with Gasteiger partial charge in [0.2, 0.25) is 0 Å². The Morgan fingerprint density at radius 3 is 2.69 bits per heavy atom. The number of H-pyrrole nitrogens is 1. The van der Waals surface area contributed by atoms with Gasteiger partial charge in [-0.2, -0.15) is 0 Å². The number of imidazole rings is 1. The van der Waals surface area contributed by atoms with Crippen LogP contribution in [0.1, 0.15) is 34.2 Å². The van der Waals surface area contributed by atoms with Gasteiger partial charge in [0.05, 0.1) is 20.9 Å². The Morgan fingerprint density at radius 2 is 1.91 bits per heavy atom. The minimum Gasteiger partial charge on any atom is -0.342 e. The van der Waals surface area contributed by atoms with Crippen molar-refractivity contribution < 1.29 is 18.0 Å². The van der Waals surface area contributed by atoms with E-state index in [1.54, 1.807) is 17.0 Å². The fourth-order valence-electron chi connectivity index (χ4n) is 4.20. The zero-order valence-corrected chi connectivity index (χ0v) is 18.0. The molecule has 0 radical (unpaired) electrons. The number of benzene rings is 2. The highest BCUT2D eigenvalue weighted by molar-refractivity contribution is 7.15. The third-order valence-electron chi connectivity index (χ3n) is 5.68. The third-order valence-corrected chi connectivity index (χ3v) is 6.70. The summed E-state index contributed by atoms with van der Waals surface area (Å²) in [5.41, 5.74) is 1.88. The lowest BCUT2D eigenvalue weighted by Gasteiger charge is -2.23. The maximum absolute atomic E-state index is 13.5. The van der Waals surface area contributed by atoms with Crippen LogP contribution in [0, 0.1) is 24.4 Å². The molecule has 9 heteroatoms. The summed E-state index contributed by atoms with van der Waals surface area (Å²) in [6.07, 6.45) is 2.08. The van der Waals surface area contributed by atoms with Gasteiger partial charge in [0.25, 0.3) is 5.91 Å². The average molecular weight is 456 g/mol. The van der Waals surface area contributed by atoms with Crippen LogP contribution in [-0.4, -0.2) is 38.3 Å². The van der Waals surface area contributed by atoms with Crippen molar-refractivity contribution in [1.29, 1.82) is 0 Å². The molecule has 1 amide bonds. The van der Waals surface area contributed by atoms with Gasteiger partial charge in [-0.15, -0.1) is 11.3 Å². The Labute approximate surface area is 185 Å². The second-order valence-electron chi connectivity index (χ2n) is 7.88. The van der Waals surface area contributed by atoms with Crippen molar-refractivity contribution in [3.63, 3.8) is 0 Å². The lowest BCUT2D eigenvalue weighted by Crippen LogP contribution is -2.37. The number of likely N-dealkylation sites (tertiary alicyclic amines) is 1. The number of thiazole rings is 1. The molecule has 1 aliphatic rings. The third kappa shape index (κ3) is 3.77. The lowest BCUT2D eigenvalue weighted by molar-refractivity contribution is 0.0731. The fourth-order valence-corrected chi connectivity index (χ4v) is 5.11. The van der Waals surface area contributed by atoms with Gasteiger partial charge in [-0.1, -0.05) is 12.1 Å². The number of hydrogen-bond acceptors (Lipinski definition) is 4. The zero-order chi connectivity index (χ0) is 22.4. The van der Waals surface area contributed by atoms with Gasteiger partial charge >= 0.3 is 0 Å². The van der Waals surface area contributed by atoms with Crippen LogP contribution in [0.3, 0.4) is 0 Å². The van der Waals surface area contributed by atoms with Crippen LogP contribution in [0.15, 0.2) is 36.4 Å². The van der Waals surface area contributed by atoms with E-state index in [2.05, 4.69) is 15.0 Å². The molecule has 0 bridgehead atoms. The number of aryl methyl sites for hydroxylation is 1. The Hall–Kier alpha value is -3.20. The topological polar surface area (TPSA) is 61.9 Å². The van der Waals surface area contributed by atoms with Gasteiger partial charge in [0.15, 0.2) is 11.6 Å². The number of carbonyl (C=O) groups is 1. The smallest absolute Gasteiger partial charge is 0.274 e. The number of carbonyl (C=O) groups excluding carboxylic acids is 1. The number of aromatic nitrogens is 3. The molecule has 1 aliphatic heterocycles. The van der Waals surface area contributed by atoms with Crippen molar-refractivity contribution in [3.05, 3.63) is 70.4 Å². The number of nitrogens with one attached hydrogen (secondary N) is 1. The highest BCUT2D eigenvalue weighted by atomic mass is 32.1. The molecule has 5 rings (SSSR count). The zero-order valence-electron chi connectivity index (χ0n) is 17.2.